The molecule has 0 saturated heterocycles. The van der Waals surface area contributed by atoms with Crippen molar-refractivity contribution in [3.8, 4) is 0 Å². The molecule has 0 aromatic heterocycles. The number of hydrogen-bond donors (Lipinski definition) is 4. The fraction of sp³-hybridized carbons (Fsp3) is 1.00. The van der Waals surface area contributed by atoms with Gasteiger partial charge in [0.1, 0.15) is 0 Å². The highest BCUT2D eigenvalue weighted by molar-refractivity contribution is 6.88. The van der Waals surface area contributed by atoms with E-state index in [9.17, 15) is 0 Å². The van der Waals surface area contributed by atoms with Gasteiger partial charge < -0.3 is 42.5 Å². The lowest BCUT2D eigenvalue weighted by molar-refractivity contribution is 0.206. The molecule has 0 aliphatic carbocycles. The van der Waals surface area contributed by atoms with Gasteiger partial charge in [0.2, 0.25) is 0 Å². The van der Waals surface area contributed by atoms with Crippen LogP contribution in [0.5, 0.6) is 0 Å². The van der Waals surface area contributed by atoms with E-state index in [1.807, 2.05) is 0 Å². The monoisotopic (exact) mass is 767 g/mol. The lowest BCUT2D eigenvalue weighted by atomic mass is 10.3. The summed E-state index contributed by atoms with van der Waals surface area (Å²) < 4.78 is 35.4. The summed E-state index contributed by atoms with van der Waals surface area (Å²) in [7, 11) is -10.4. The van der Waals surface area contributed by atoms with Crippen molar-refractivity contribution in [3.63, 3.8) is 0 Å². The minimum atomic E-state index is -2.72. The topological polar surface area (TPSA) is 94.3 Å². The van der Waals surface area contributed by atoms with Crippen molar-refractivity contribution in [2.45, 2.75) is 169 Å². The van der Waals surface area contributed by atoms with Crippen molar-refractivity contribution in [1.29, 1.82) is 0 Å². The number of nitrogens with one attached hydrogen (secondary N) is 4. The average Bonchev–Trinajstić information content (AvgIpc) is 3.04. The minimum absolute atomic E-state index is 0.672. The van der Waals surface area contributed by atoms with Gasteiger partial charge in [-0.25, -0.2) is 0 Å². The normalized spacial score (nSPS) is 17.0. The van der Waals surface area contributed by atoms with E-state index in [1.165, 1.54) is 51.4 Å². The first kappa shape index (κ1) is 49.5. The molecule has 0 aliphatic rings. The molecule has 0 rings (SSSR count). The number of rotatable bonds is 38. The maximum atomic E-state index is 7.54. The van der Waals surface area contributed by atoms with E-state index < -0.39 is 34.2 Å². The van der Waals surface area contributed by atoms with Crippen LogP contribution in [0.1, 0.15) is 119 Å². The van der Waals surface area contributed by atoms with Crippen LogP contribution in [0.4, 0.5) is 0 Å². The molecule has 0 spiro atoms. The molecule has 0 aliphatic heterocycles. The fourth-order valence-electron chi connectivity index (χ4n) is 6.38. The Kier molecular flexibility index (Phi) is 31.2. The molecule has 13 heteroatoms. The molecule has 4 unspecified atom stereocenters. The summed E-state index contributed by atoms with van der Waals surface area (Å²) in [6.45, 7) is 32.0. The molecule has 0 heterocycles. The van der Waals surface area contributed by atoms with Crippen LogP contribution >= 0.6 is 0 Å². The van der Waals surface area contributed by atoms with E-state index in [0.29, 0.717) is 13.2 Å². The van der Waals surface area contributed by atoms with E-state index in [-0.39, 0.29) is 0 Å². The van der Waals surface area contributed by atoms with Crippen molar-refractivity contribution in [2.24, 2.45) is 0 Å². The van der Waals surface area contributed by atoms with E-state index >= 15 is 0 Å². The first-order chi connectivity index (χ1) is 23.5. The Labute approximate surface area is 310 Å². The quantitative estimate of drug-likeness (QED) is 0.0365. The van der Waals surface area contributed by atoms with Crippen LogP contribution in [-0.4, -0.2) is 99.8 Å². The van der Waals surface area contributed by atoms with Crippen LogP contribution in [0.15, 0.2) is 0 Å². The van der Waals surface area contributed by atoms with Crippen LogP contribution in [-0.2, 0) is 21.2 Å². The van der Waals surface area contributed by atoms with Gasteiger partial charge in [-0.05, 0) is 168 Å². The van der Waals surface area contributed by atoms with Crippen molar-refractivity contribution < 1.29 is 21.2 Å². The Hall–Kier alpha value is 0.508. The predicted octanol–water partition coefficient (Wildman–Crippen LogP) is 8.52. The van der Waals surface area contributed by atoms with Crippen molar-refractivity contribution in [2.75, 3.05) is 65.6 Å². The number of unbranched alkanes of at least 4 members (excludes halogenated alkanes) is 4. The van der Waals surface area contributed by atoms with Gasteiger partial charge in [0.05, 0.1) is 0 Å². The summed E-state index contributed by atoms with van der Waals surface area (Å²) >= 11 is 0. The molecular formula is C36H86N4O5Si4. The molecular weight excluding hydrogens is 681 g/mol. The second-order valence-electron chi connectivity index (χ2n) is 14.5. The Balaban J connectivity index is 6.17. The van der Waals surface area contributed by atoms with Crippen LogP contribution in [0.2, 0.25) is 50.4 Å². The summed E-state index contributed by atoms with van der Waals surface area (Å²) in [4.78, 5) is 0. The second kappa shape index (κ2) is 30.9. The second-order valence-corrected chi connectivity index (χ2v) is 28.6. The van der Waals surface area contributed by atoms with Gasteiger partial charge in [0.25, 0.3) is 0 Å². The van der Waals surface area contributed by atoms with Gasteiger partial charge in [-0.1, -0.05) is 53.4 Å². The van der Waals surface area contributed by atoms with Crippen LogP contribution in [0.25, 0.3) is 0 Å². The molecule has 0 aromatic carbocycles. The molecule has 0 fully saturated rings. The van der Waals surface area contributed by atoms with Crippen molar-refractivity contribution >= 4 is 34.2 Å². The highest BCUT2D eigenvalue weighted by Crippen LogP contribution is 2.33. The standard InChI is InChI=1S/C36H86N4O5Si4/c1-11-17-25-37-29-21-33-46(7,41-15-5)43-48(9,35-23-31-39-27-19-13-3)45-49(10,36-24-32-40-28-20-14-4)44-47(8,42-16-6)34-22-30-38-26-18-12-2/h37-40H,11-36H2,1-10H3. The summed E-state index contributed by atoms with van der Waals surface area (Å²) in [6.07, 6.45) is 13.9. The number of hydrogen-bond acceptors (Lipinski definition) is 9. The largest absolute Gasteiger partial charge is 0.416 e. The van der Waals surface area contributed by atoms with Crippen LogP contribution < -0.4 is 21.3 Å². The van der Waals surface area contributed by atoms with Crippen molar-refractivity contribution in [3.05, 3.63) is 0 Å². The molecule has 296 valence electrons. The first-order valence-electron chi connectivity index (χ1n) is 20.7. The summed E-state index contributed by atoms with van der Waals surface area (Å²) in [5, 5.41) is 14.6. The first-order valence-corrected chi connectivity index (χ1v) is 30.8. The summed E-state index contributed by atoms with van der Waals surface area (Å²) in [6, 6.07) is 3.81. The van der Waals surface area contributed by atoms with Crippen LogP contribution in [0.3, 0.4) is 0 Å². The van der Waals surface area contributed by atoms with Gasteiger partial charge in [-0.15, -0.1) is 0 Å². The van der Waals surface area contributed by atoms with Gasteiger partial charge in [0, 0.05) is 13.2 Å². The molecule has 4 N–H and O–H groups in total. The zero-order valence-corrected chi connectivity index (χ0v) is 38.4. The molecule has 0 saturated carbocycles. The van der Waals surface area contributed by atoms with E-state index in [2.05, 4.69) is 89.0 Å². The molecule has 49 heavy (non-hydrogen) atoms. The van der Waals surface area contributed by atoms with Crippen molar-refractivity contribution in [1.82, 2.24) is 21.3 Å². The predicted molar refractivity (Wildman–Crippen MR) is 222 cm³/mol. The molecule has 0 bridgehead atoms. The van der Waals surface area contributed by atoms with E-state index in [0.717, 1.165) is 102 Å². The van der Waals surface area contributed by atoms with Gasteiger partial charge in [-0.2, -0.15) is 0 Å². The molecule has 4 atom stereocenters. The maximum absolute atomic E-state index is 7.54. The lowest BCUT2D eigenvalue weighted by Crippen LogP contribution is -2.61. The zero-order chi connectivity index (χ0) is 36.7. The Bertz CT molecular complexity index is 698. The summed E-state index contributed by atoms with van der Waals surface area (Å²) in [5.41, 5.74) is 0. The third-order valence-corrected chi connectivity index (χ3v) is 26.2. The van der Waals surface area contributed by atoms with Gasteiger partial charge >= 0.3 is 34.2 Å². The lowest BCUT2D eigenvalue weighted by Gasteiger charge is -2.44. The Morgan fingerprint density at radius 3 is 0.796 bits per heavy atom. The van der Waals surface area contributed by atoms with Crippen LogP contribution in [0, 0.1) is 0 Å². The third kappa shape index (κ3) is 26.9. The average molecular weight is 767 g/mol. The SMILES string of the molecule is CCCCNCCC[Si](C)(OCC)O[Si](C)(CCCNCCCC)O[Si](C)(CCCNCCCC)O[Si](C)(CCCNCCCC)OCC. The van der Waals surface area contributed by atoms with Gasteiger partial charge in [-0.3, -0.25) is 0 Å². The molecule has 0 aromatic rings. The smallest absolute Gasteiger partial charge is 0.326 e. The molecule has 9 nitrogen and oxygen atoms in total. The molecule has 0 amide bonds. The van der Waals surface area contributed by atoms with E-state index in [1.54, 1.807) is 0 Å². The summed E-state index contributed by atoms with van der Waals surface area (Å²) in [5.74, 6) is 0. The van der Waals surface area contributed by atoms with Gasteiger partial charge in [0.15, 0.2) is 0 Å². The molecule has 0 radical (unpaired) electrons. The Morgan fingerprint density at radius 2 is 0.551 bits per heavy atom. The van der Waals surface area contributed by atoms with E-state index in [4.69, 9.17) is 21.2 Å². The highest BCUT2D eigenvalue weighted by atomic mass is 28.5. The third-order valence-electron chi connectivity index (χ3n) is 8.96. The zero-order valence-electron chi connectivity index (χ0n) is 34.4. The highest BCUT2D eigenvalue weighted by Gasteiger charge is 2.50. The minimum Gasteiger partial charge on any atom is -0.416 e. The Morgan fingerprint density at radius 1 is 0.327 bits per heavy atom. The fourth-order valence-corrected chi connectivity index (χ4v) is 26.1. The maximum Gasteiger partial charge on any atom is 0.326 e.